The summed E-state index contributed by atoms with van der Waals surface area (Å²) in [6, 6.07) is 0.152. The molecule has 5 heteroatoms. The fourth-order valence-corrected chi connectivity index (χ4v) is 3.88. The summed E-state index contributed by atoms with van der Waals surface area (Å²) in [4.78, 5) is 10.7. The van der Waals surface area contributed by atoms with Crippen molar-refractivity contribution < 1.29 is 9.90 Å². The summed E-state index contributed by atoms with van der Waals surface area (Å²) >= 11 is 1.94. The van der Waals surface area contributed by atoms with E-state index in [1.165, 1.54) is 6.42 Å². The Morgan fingerprint density at radius 1 is 1.40 bits per heavy atom. The molecule has 2 rings (SSSR count). The first kappa shape index (κ1) is 11.1. The molecule has 2 aliphatic rings. The summed E-state index contributed by atoms with van der Waals surface area (Å²) in [5.41, 5.74) is 0. The van der Waals surface area contributed by atoms with E-state index in [0.717, 1.165) is 31.6 Å². The maximum absolute atomic E-state index is 10.7. The second kappa shape index (κ2) is 5.07. The Morgan fingerprint density at radius 2 is 2.20 bits per heavy atom. The number of carbonyl (C=O) groups is 1. The fraction of sp³-hybridized carbons (Fsp3) is 0.900. The van der Waals surface area contributed by atoms with Crippen LogP contribution in [-0.2, 0) is 0 Å². The normalized spacial score (nSPS) is 36.4. The van der Waals surface area contributed by atoms with E-state index in [9.17, 15) is 4.79 Å². The average molecular weight is 230 g/mol. The van der Waals surface area contributed by atoms with Gasteiger partial charge in [-0.3, -0.25) is 0 Å². The molecule has 0 spiro atoms. The van der Waals surface area contributed by atoms with E-state index in [0.29, 0.717) is 11.3 Å². The van der Waals surface area contributed by atoms with Crippen LogP contribution in [0.3, 0.4) is 0 Å². The molecule has 3 N–H and O–H groups in total. The van der Waals surface area contributed by atoms with E-state index in [1.807, 2.05) is 11.8 Å². The summed E-state index contributed by atoms with van der Waals surface area (Å²) in [6.45, 7) is 1.06. The van der Waals surface area contributed by atoms with Crippen molar-refractivity contribution in [3.05, 3.63) is 0 Å². The molecule has 2 fully saturated rings. The Balaban J connectivity index is 1.95. The van der Waals surface area contributed by atoms with E-state index in [1.54, 1.807) is 0 Å². The van der Waals surface area contributed by atoms with E-state index < -0.39 is 6.09 Å². The SMILES string of the molecule is O=C(O)NC1CCCCC1C1NCCS1. The molecule has 4 nitrogen and oxygen atoms in total. The minimum Gasteiger partial charge on any atom is -0.465 e. The van der Waals surface area contributed by atoms with Crippen LogP contribution >= 0.6 is 11.8 Å². The first-order chi connectivity index (χ1) is 7.27. The van der Waals surface area contributed by atoms with E-state index >= 15 is 0 Å². The second-order valence-electron chi connectivity index (χ2n) is 4.25. The van der Waals surface area contributed by atoms with Crippen LogP contribution in [0, 0.1) is 5.92 Å². The highest BCUT2D eigenvalue weighted by Crippen LogP contribution is 2.33. The van der Waals surface area contributed by atoms with E-state index in [-0.39, 0.29) is 6.04 Å². The molecule has 3 atom stereocenters. The number of hydrogen-bond acceptors (Lipinski definition) is 3. The molecule has 1 amide bonds. The number of thioether (sulfide) groups is 1. The van der Waals surface area contributed by atoms with Gasteiger partial charge < -0.3 is 15.7 Å². The predicted octanol–water partition coefficient (Wildman–Crippen LogP) is 1.48. The van der Waals surface area contributed by atoms with Gasteiger partial charge in [0.15, 0.2) is 0 Å². The monoisotopic (exact) mass is 230 g/mol. The lowest BCUT2D eigenvalue weighted by Gasteiger charge is -2.34. The van der Waals surface area contributed by atoms with Gasteiger partial charge in [0.1, 0.15) is 0 Å². The lowest BCUT2D eigenvalue weighted by Crippen LogP contribution is -2.47. The van der Waals surface area contributed by atoms with Crippen LogP contribution in [0.4, 0.5) is 4.79 Å². The molecule has 86 valence electrons. The van der Waals surface area contributed by atoms with Crippen molar-refractivity contribution in [3.63, 3.8) is 0 Å². The van der Waals surface area contributed by atoms with E-state index in [4.69, 9.17) is 5.11 Å². The van der Waals surface area contributed by atoms with Crippen molar-refractivity contribution in [1.29, 1.82) is 0 Å². The van der Waals surface area contributed by atoms with Crippen molar-refractivity contribution >= 4 is 17.9 Å². The molecule has 0 bridgehead atoms. The topological polar surface area (TPSA) is 61.4 Å². The predicted molar refractivity (Wildman–Crippen MR) is 61.2 cm³/mol. The highest BCUT2D eigenvalue weighted by molar-refractivity contribution is 8.00. The summed E-state index contributed by atoms with van der Waals surface area (Å²) in [7, 11) is 0. The Hall–Kier alpha value is -0.420. The van der Waals surface area contributed by atoms with Crippen LogP contribution in [0.5, 0.6) is 0 Å². The largest absolute Gasteiger partial charge is 0.465 e. The average Bonchev–Trinajstić information content (AvgIpc) is 2.70. The summed E-state index contributed by atoms with van der Waals surface area (Å²) < 4.78 is 0. The van der Waals surface area contributed by atoms with Gasteiger partial charge in [-0.25, -0.2) is 4.79 Å². The van der Waals surface area contributed by atoms with Gasteiger partial charge >= 0.3 is 6.09 Å². The molecule has 1 heterocycles. The van der Waals surface area contributed by atoms with Gasteiger partial charge in [-0.05, 0) is 12.8 Å². The second-order valence-corrected chi connectivity index (χ2v) is 5.50. The summed E-state index contributed by atoms with van der Waals surface area (Å²) in [6.07, 6.45) is 3.65. The Labute approximate surface area is 94.2 Å². The zero-order valence-electron chi connectivity index (χ0n) is 8.74. The lowest BCUT2D eigenvalue weighted by atomic mass is 9.84. The number of hydrogen-bond donors (Lipinski definition) is 3. The fourth-order valence-electron chi connectivity index (χ4n) is 2.58. The Morgan fingerprint density at radius 3 is 2.87 bits per heavy atom. The molecular formula is C10H18N2O2S. The van der Waals surface area contributed by atoms with E-state index in [2.05, 4.69) is 10.6 Å². The van der Waals surface area contributed by atoms with Crippen molar-refractivity contribution in [2.75, 3.05) is 12.3 Å². The van der Waals surface area contributed by atoms with Gasteiger partial charge in [0, 0.05) is 24.3 Å². The zero-order valence-corrected chi connectivity index (χ0v) is 9.55. The van der Waals surface area contributed by atoms with Gasteiger partial charge in [0.2, 0.25) is 0 Å². The number of amides is 1. The van der Waals surface area contributed by atoms with Crippen LogP contribution in [0.1, 0.15) is 25.7 Å². The van der Waals surface area contributed by atoms with Gasteiger partial charge in [0.05, 0.1) is 5.37 Å². The smallest absolute Gasteiger partial charge is 0.404 e. The van der Waals surface area contributed by atoms with Crippen LogP contribution in [0.15, 0.2) is 0 Å². The standard InChI is InChI=1S/C10H18N2O2S/c13-10(14)12-8-4-2-1-3-7(8)9-11-5-6-15-9/h7-9,11-12H,1-6H2,(H,13,14). The molecule has 0 aromatic heterocycles. The Kier molecular flexibility index (Phi) is 3.75. The third-order valence-electron chi connectivity index (χ3n) is 3.26. The number of rotatable bonds is 2. The number of nitrogens with one attached hydrogen (secondary N) is 2. The maximum Gasteiger partial charge on any atom is 0.404 e. The van der Waals surface area contributed by atoms with Crippen molar-refractivity contribution in [1.82, 2.24) is 10.6 Å². The Bertz CT molecular complexity index is 231. The molecular weight excluding hydrogens is 212 g/mol. The highest BCUT2D eigenvalue weighted by atomic mass is 32.2. The minimum absolute atomic E-state index is 0.152. The summed E-state index contributed by atoms with van der Waals surface area (Å²) in [5.74, 6) is 1.63. The first-order valence-corrected chi connectivity index (χ1v) is 6.66. The van der Waals surface area contributed by atoms with Crippen LogP contribution in [0.25, 0.3) is 0 Å². The summed E-state index contributed by atoms with van der Waals surface area (Å²) in [5, 5.41) is 15.4. The molecule has 1 saturated carbocycles. The first-order valence-electron chi connectivity index (χ1n) is 5.62. The van der Waals surface area contributed by atoms with Gasteiger partial charge in [-0.15, -0.1) is 11.8 Å². The van der Waals surface area contributed by atoms with Crippen LogP contribution in [-0.4, -0.2) is 34.9 Å². The highest BCUT2D eigenvalue weighted by Gasteiger charge is 2.34. The molecule has 1 aliphatic heterocycles. The van der Waals surface area contributed by atoms with Crippen molar-refractivity contribution in [2.24, 2.45) is 5.92 Å². The molecule has 1 aliphatic carbocycles. The zero-order chi connectivity index (χ0) is 10.7. The van der Waals surface area contributed by atoms with Gasteiger partial charge in [-0.1, -0.05) is 12.8 Å². The number of carboxylic acid groups (broad SMARTS) is 1. The van der Waals surface area contributed by atoms with Gasteiger partial charge in [0.25, 0.3) is 0 Å². The quantitative estimate of drug-likeness (QED) is 0.672. The molecule has 1 saturated heterocycles. The molecule has 0 aromatic carbocycles. The molecule has 0 radical (unpaired) electrons. The third kappa shape index (κ3) is 2.78. The molecule has 15 heavy (non-hydrogen) atoms. The maximum atomic E-state index is 10.7. The lowest BCUT2D eigenvalue weighted by molar-refractivity contribution is 0.173. The third-order valence-corrected chi connectivity index (χ3v) is 4.58. The minimum atomic E-state index is -0.880. The molecule has 0 aromatic rings. The van der Waals surface area contributed by atoms with Gasteiger partial charge in [-0.2, -0.15) is 0 Å². The van der Waals surface area contributed by atoms with Crippen LogP contribution < -0.4 is 10.6 Å². The van der Waals surface area contributed by atoms with Crippen LogP contribution in [0.2, 0.25) is 0 Å². The van der Waals surface area contributed by atoms with Crippen molar-refractivity contribution in [3.8, 4) is 0 Å². The molecule has 3 unspecified atom stereocenters. The van der Waals surface area contributed by atoms with Crippen molar-refractivity contribution in [2.45, 2.75) is 37.1 Å².